The van der Waals surface area contributed by atoms with Crippen LogP contribution in [0.1, 0.15) is 233 Å². The predicted molar refractivity (Wildman–Crippen MR) is 206 cm³/mol. The minimum Gasteiger partial charge on any atom is -0.462 e. The Morgan fingerprint density at radius 3 is 1.06 bits per heavy atom. The van der Waals surface area contributed by atoms with Gasteiger partial charge in [0.2, 0.25) is 0 Å². The van der Waals surface area contributed by atoms with Crippen molar-refractivity contribution in [3.05, 3.63) is 0 Å². The molecule has 0 N–H and O–H groups in total. The summed E-state index contributed by atoms with van der Waals surface area (Å²) in [6.07, 6.45) is 35.1. The molecule has 0 rings (SSSR count). The highest BCUT2D eigenvalue weighted by molar-refractivity contribution is 5.71. The van der Waals surface area contributed by atoms with Gasteiger partial charge < -0.3 is 14.2 Å². The third kappa shape index (κ3) is 36.0. The highest BCUT2D eigenvalue weighted by Gasteiger charge is 2.19. The van der Waals surface area contributed by atoms with Crippen molar-refractivity contribution in [1.29, 1.82) is 0 Å². The molecule has 1 unspecified atom stereocenters. The zero-order valence-electron chi connectivity index (χ0n) is 33.1. The molecule has 0 bridgehead atoms. The maximum Gasteiger partial charge on any atom is 0.306 e. The van der Waals surface area contributed by atoms with E-state index in [9.17, 15) is 14.4 Å². The van der Waals surface area contributed by atoms with Gasteiger partial charge in [-0.05, 0) is 25.2 Å². The number of hydrogen-bond donors (Lipinski definition) is 0. The highest BCUT2D eigenvalue weighted by atomic mass is 16.6. The molecule has 0 saturated carbocycles. The molecule has 0 aromatic carbocycles. The molecule has 0 saturated heterocycles. The fourth-order valence-corrected chi connectivity index (χ4v) is 6.24. The number of carbonyl (C=O) groups is 3. The van der Waals surface area contributed by atoms with E-state index in [4.69, 9.17) is 14.2 Å². The van der Waals surface area contributed by atoms with Crippen LogP contribution in [0.15, 0.2) is 0 Å². The van der Waals surface area contributed by atoms with E-state index in [1.165, 1.54) is 128 Å². The van der Waals surface area contributed by atoms with Crippen LogP contribution in [0, 0.1) is 5.92 Å². The van der Waals surface area contributed by atoms with Gasteiger partial charge in [-0.15, -0.1) is 0 Å². The third-order valence-corrected chi connectivity index (χ3v) is 9.90. The van der Waals surface area contributed by atoms with E-state index in [2.05, 4.69) is 27.7 Å². The Labute approximate surface area is 304 Å². The average Bonchev–Trinajstić information content (AvgIpc) is 3.10. The molecule has 6 nitrogen and oxygen atoms in total. The van der Waals surface area contributed by atoms with Crippen molar-refractivity contribution in [3.63, 3.8) is 0 Å². The Morgan fingerprint density at radius 1 is 0.408 bits per heavy atom. The molecular formula is C43H82O6. The fraction of sp³-hybridized carbons (Fsp3) is 0.930. The second-order valence-corrected chi connectivity index (χ2v) is 14.9. The van der Waals surface area contributed by atoms with Crippen LogP contribution in [0.25, 0.3) is 0 Å². The molecule has 290 valence electrons. The molecule has 6 heteroatoms. The molecule has 49 heavy (non-hydrogen) atoms. The molecule has 0 heterocycles. The van der Waals surface area contributed by atoms with Gasteiger partial charge in [0.1, 0.15) is 13.2 Å². The number of carbonyl (C=O) groups excluding carboxylic acids is 3. The Morgan fingerprint density at radius 2 is 0.714 bits per heavy atom. The van der Waals surface area contributed by atoms with E-state index in [1.54, 1.807) is 0 Å². The zero-order chi connectivity index (χ0) is 36.0. The van der Waals surface area contributed by atoms with E-state index in [0.717, 1.165) is 63.7 Å². The van der Waals surface area contributed by atoms with Gasteiger partial charge in [0.15, 0.2) is 6.10 Å². The first kappa shape index (κ1) is 47.4. The van der Waals surface area contributed by atoms with Gasteiger partial charge in [-0.25, -0.2) is 0 Å². The highest BCUT2D eigenvalue weighted by Crippen LogP contribution is 2.16. The van der Waals surface area contributed by atoms with Crippen LogP contribution in [-0.4, -0.2) is 37.2 Å². The molecule has 0 fully saturated rings. The lowest BCUT2D eigenvalue weighted by atomic mass is 10.00. The molecule has 0 spiro atoms. The number of hydrogen-bond acceptors (Lipinski definition) is 6. The summed E-state index contributed by atoms with van der Waals surface area (Å²) in [5.74, 6) is -0.0491. The van der Waals surface area contributed by atoms with Crippen LogP contribution < -0.4 is 0 Å². The van der Waals surface area contributed by atoms with Crippen LogP contribution in [-0.2, 0) is 28.6 Å². The number of ether oxygens (including phenoxy) is 3. The van der Waals surface area contributed by atoms with Crippen molar-refractivity contribution in [1.82, 2.24) is 0 Å². The number of rotatable bonds is 38. The van der Waals surface area contributed by atoms with Crippen LogP contribution in [0.3, 0.4) is 0 Å². The molecule has 0 aliphatic rings. The van der Waals surface area contributed by atoms with Gasteiger partial charge in [0.05, 0.1) is 0 Å². The van der Waals surface area contributed by atoms with E-state index < -0.39 is 6.10 Å². The maximum absolute atomic E-state index is 12.6. The monoisotopic (exact) mass is 695 g/mol. The van der Waals surface area contributed by atoms with Crippen molar-refractivity contribution < 1.29 is 28.6 Å². The fourth-order valence-electron chi connectivity index (χ4n) is 6.24. The summed E-state index contributed by atoms with van der Waals surface area (Å²) >= 11 is 0. The van der Waals surface area contributed by atoms with E-state index in [0.29, 0.717) is 19.3 Å². The minimum absolute atomic E-state index is 0.0650. The van der Waals surface area contributed by atoms with Gasteiger partial charge in [-0.3, -0.25) is 14.4 Å². The Kier molecular flexibility index (Phi) is 36.4. The predicted octanol–water partition coefficient (Wildman–Crippen LogP) is 13.2. The molecule has 0 amide bonds. The molecule has 0 aromatic heterocycles. The summed E-state index contributed by atoms with van der Waals surface area (Å²) in [4.78, 5) is 37.5. The first-order valence-corrected chi connectivity index (χ1v) is 21.4. The average molecular weight is 695 g/mol. The van der Waals surface area contributed by atoms with Crippen LogP contribution in [0.4, 0.5) is 0 Å². The summed E-state index contributed by atoms with van der Waals surface area (Å²) in [6.45, 7) is 8.93. The number of unbranched alkanes of at least 4 members (excludes halogenated alkanes) is 24. The van der Waals surface area contributed by atoms with Crippen molar-refractivity contribution >= 4 is 17.9 Å². The maximum atomic E-state index is 12.6. The summed E-state index contributed by atoms with van der Waals surface area (Å²) < 4.78 is 16.6. The van der Waals surface area contributed by atoms with Gasteiger partial charge in [-0.1, -0.05) is 195 Å². The van der Waals surface area contributed by atoms with Gasteiger partial charge >= 0.3 is 17.9 Å². The summed E-state index contributed by atoms with van der Waals surface area (Å²) in [7, 11) is 0. The normalized spacial score (nSPS) is 12.5. The minimum atomic E-state index is -0.758. The molecule has 0 aliphatic carbocycles. The second kappa shape index (κ2) is 37.7. The zero-order valence-corrected chi connectivity index (χ0v) is 33.1. The van der Waals surface area contributed by atoms with E-state index >= 15 is 0 Å². The lowest BCUT2D eigenvalue weighted by Gasteiger charge is -2.18. The van der Waals surface area contributed by atoms with Crippen LogP contribution >= 0.6 is 0 Å². The molecule has 0 aliphatic heterocycles. The standard InChI is InChI=1S/C43H82O6/c1-5-8-10-12-14-16-17-18-20-21-26-30-34-41(44)47-37-40(49-43(46)36-32-28-22-19-15-13-11-9-6-2)38-48-42(45)35-31-27-24-23-25-29-33-39(4)7-3/h39-40H,5-38H2,1-4H3/t39?,40-/m0/s1. The summed E-state index contributed by atoms with van der Waals surface area (Å²) in [6, 6.07) is 0. The van der Waals surface area contributed by atoms with Crippen LogP contribution in [0.2, 0.25) is 0 Å². The summed E-state index contributed by atoms with van der Waals surface area (Å²) in [5, 5.41) is 0. The van der Waals surface area contributed by atoms with Gasteiger partial charge in [0, 0.05) is 19.3 Å². The lowest BCUT2D eigenvalue weighted by Crippen LogP contribution is -2.30. The summed E-state index contributed by atoms with van der Waals surface area (Å²) in [5.41, 5.74) is 0. The lowest BCUT2D eigenvalue weighted by molar-refractivity contribution is -0.167. The SMILES string of the molecule is CCCCCCCCCCCCCCC(=O)OC[C@@H](COC(=O)CCCCCCCCC(C)CC)OC(=O)CCCCCCCCCCC. The molecule has 0 aromatic rings. The number of esters is 3. The quantitative estimate of drug-likeness (QED) is 0.0364. The van der Waals surface area contributed by atoms with Gasteiger partial charge in [-0.2, -0.15) is 0 Å². The first-order valence-electron chi connectivity index (χ1n) is 21.4. The Hall–Kier alpha value is -1.59. The first-order chi connectivity index (χ1) is 23.9. The largest absolute Gasteiger partial charge is 0.462 e. The van der Waals surface area contributed by atoms with Crippen molar-refractivity contribution in [2.24, 2.45) is 5.92 Å². The molecule has 2 atom stereocenters. The van der Waals surface area contributed by atoms with Crippen molar-refractivity contribution in [3.8, 4) is 0 Å². The molecular weight excluding hydrogens is 612 g/mol. The Balaban J connectivity index is 4.33. The van der Waals surface area contributed by atoms with E-state index in [1.807, 2.05) is 0 Å². The van der Waals surface area contributed by atoms with Crippen LogP contribution in [0.5, 0.6) is 0 Å². The second-order valence-electron chi connectivity index (χ2n) is 14.9. The topological polar surface area (TPSA) is 78.9 Å². The van der Waals surface area contributed by atoms with Gasteiger partial charge in [0.25, 0.3) is 0 Å². The smallest absolute Gasteiger partial charge is 0.306 e. The van der Waals surface area contributed by atoms with E-state index in [-0.39, 0.29) is 31.1 Å². The molecule has 0 radical (unpaired) electrons. The van der Waals surface area contributed by atoms with Crippen molar-refractivity contribution in [2.75, 3.05) is 13.2 Å². The Bertz CT molecular complexity index is 738. The third-order valence-electron chi connectivity index (χ3n) is 9.90. The van der Waals surface area contributed by atoms with Crippen molar-refractivity contribution in [2.45, 2.75) is 239 Å².